The molecule has 0 spiro atoms. The number of fused-ring (bicyclic) bond motifs is 1. The summed E-state index contributed by atoms with van der Waals surface area (Å²) in [5.41, 5.74) is 2.68. The fraction of sp³-hybridized carbons (Fsp3) is 0.261. The van der Waals surface area contributed by atoms with Gasteiger partial charge in [-0.15, -0.1) is 0 Å². The zero-order chi connectivity index (χ0) is 21.3. The lowest BCUT2D eigenvalue weighted by Gasteiger charge is -2.35. The third-order valence-electron chi connectivity index (χ3n) is 5.06. The first-order chi connectivity index (χ1) is 14.3. The highest BCUT2D eigenvalue weighted by atomic mass is 35.5. The van der Waals surface area contributed by atoms with Crippen molar-refractivity contribution in [3.8, 4) is 0 Å². The second kappa shape index (κ2) is 8.25. The van der Waals surface area contributed by atoms with E-state index in [2.05, 4.69) is 29.1 Å². The number of aromatic nitrogens is 2. The van der Waals surface area contributed by atoms with Crippen LogP contribution in [-0.2, 0) is 12.8 Å². The molecule has 0 unspecified atom stereocenters. The molecule has 7 heteroatoms. The zero-order valence-electron chi connectivity index (χ0n) is 16.7. The van der Waals surface area contributed by atoms with Crippen LogP contribution in [-0.4, -0.2) is 21.3 Å². The lowest BCUT2D eigenvalue weighted by molar-refractivity contribution is 0.445. The Morgan fingerprint density at radius 3 is 2.67 bits per heavy atom. The minimum absolute atomic E-state index is 0.0572. The highest BCUT2D eigenvalue weighted by molar-refractivity contribution is 6.31. The molecule has 1 aromatic heterocycles. The molecule has 0 saturated heterocycles. The van der Waals surface area contributed by atoms with Crippen molar-refractivity contribution in [3.63, 3.8) is 0 Å². The summed E-state index contributed by atoms with van der Waals surface area (Å²) in [6, 6.07) is 15.5. The molecule has 2 N–H and O–H groups in total. The Hall–Kier alpha value is -2.63. The molecule has 3 aromatic rings. The fourth-order valence-electron chi connectivity index (χ4n) is 3.71. The van der Waals surface area contributed by atoms with Crippen molar-refractivity contribution in [3.05, 3.63) is 97.6 Å². The number of nitrogens with one attached hydrogen (secondary N) is 2. The number of H-pyrrole nitrogens is 1. The molecule has 0 radical (unpaired) electrons. The molecule has 2 aromatic carbocycles. The Bertz CT molecular complexity index is 1160. The van der Waals surface area contributed by atoms with Gasteiger partial charge in [-0.3, -0.25) is 9.79 Å². The van der Waals surface area contributed by atoms with Crippen LogP contribution in [0.15, 0.2) is 64.5 Å². The van der Waals surface area contributed by atoms with Crippen LogP contribution in [0.1, 0.15) is 42.4 Å². The summed E-state index contributed by atoms with van der Waals surface area (Å²) >= 11 is 12.1. The molecule has 0 saturated carbocycles. The number of hydrogen-bond donors (Lipinski definition) is 2. The maximum Gasteiger partial charge on any atom is 0.269 e. The van der Waals surface area contributed by atoms with Gasteiger partial charge in [0.2, 0.25) is 0 Å². The molecule has 1 atom stereocenters. The van der Waals surface area contributed by atoms with Crippen LogP contribution in [0, 0.1) is 0 Å². The highest BCUT2D eigenvalue weighted by Crippen LogP contribution is 2.28. The summed E-state index contributed by atoms with van der Waals surface area (Å²) < 4.78 is 0. The monoisotopic (exact) mass is 440 g/mol. The first kappa shape index (κ1) is 20.6. The van der Waals surface area contributed by atoms with Crippen molar-refractivity contribution in [1.29, 1.82) is 0 Å². The second-order valence-electron chi connectivity index (χ2n) is 8.12. The molecular weight excluding hydrogens is 419 g/mol. The summed E-state index contributed by atoms with van der Waals surface area (Å²) in [5, 5.41) is 4.30. The summed E-state index contributed by atoms with van der Waals surface area (Å²) in [6.07, 6.45) is 2.79. The van der Waals surface area contributed by atoms with E-state index in [0.717, 1.165) is 28.9 Å². The minimum atomic E-state index is -0.391. The van der Waals surface area contributed by atoms with Gasteiger partial charge < -0.3 is 10.3 Å². The molecule has 1 aliphatic heterocycles. The number of nitrogens with zero attached hydrogens (tertiary/aromatic N) is 2. The Labute approximate surface area is 185 Å². The molecular formula is C23H22Cl2N4O. The van der Waals surface area contributed by atoms with Gasteiger partial charge >= 0.3 is 0 Å². The average molecular weight is 441 g/mol. The van der Waals surface area contributed by atoms with E-state index in [9.17, 15) is 4.79 Å². The number of aromatic amines is 1. The Morgan fingerprint density at radius 2 is 1.93 bits per heavy atom. The van der Waals surface area contributed by atoms with Crippen molar-refractivity contribution in [1.82, 2.24) is 15.3 Å². The van der Waals surface area contributed by atoms with Gasteiger partial charge in [0, 0.05) is 22.5 Å². The van der Waals surface area contributed by atoms with Crippen LogP contribution in [0.5, 0.6) is 0 Å². The number of benzene rings is 2. The molecule has 0 bridgehead atoms. The second-order valence-corrected chi connectivity index (χ2v) is 8.96. The Kier molecular flexibility index (Phi) is 5.67. The van der Waals surface area contributed by atoms with Crippen molar-refractivity contribution in [2.24, 2.45) is 4.99 Å². The number of halogens is 2. The molecule has 30 heavy (non-hydrogen) atoms. The normalized spacial score (nSPS) is 17.3. The van der Waals surface area contributed by atoms with Crippen molar-refractivity contribution >= 4 is 29.0 Å². The summed E-state index contributed by atoms with van der Waals surface area (Å²) in [6.45, 7) is 4.25. The molecule has 4 rings (SSSR count). The number of aliphatic imine (C=N–C) groups is 1. The van der Waals surface area contributed by atoms with Gasteiger partial charge in [-0.2, -0.15) is 0 Å². The van der Waals surface area contributed by atoms with E-state index in [0.29, 0.717) is 17.3 Å². The van der Waals surface area contributed by atoms with Crippen LogP contribution < -0.4 is 10.9 Å². The first-order valence-electron chi connectivity index (χ1n) is 9.74. The maximum absolute atomic E-state index is 12.1. The van der Waals surface area contributed by atoms with E-state index < -0.39 is 6.04 Å². The predicted molar refractivity (Wildman–Crippen MR) is 122 cm³/mol. The lowest BCUT2D eigenvalue weighted by atomic mass is 9.87. The van der Waals surface area contributed by atoms with E-state index in [-0.39, 0.29) is 16.1 Å². The number of amidine groups is 1. The molecule has 0 amide bonds. The van der Waals surface area contributed by atoms with E-state index >= 15 is 0 Å². The maximum atomic E-state index is 12.1. The quantitative estimate of drug-likeness (QED) is 0.615. The Balaban J connectivity index is 1.81. The summed E-state index contributed by atoms with van der Waals surface area (Å²) in [5.74, 6) is 1.23. The third-order valence-corrected chi connectivity index (χ3v) is 5.56. The minimum Gasteiger partial charge on any atom is -0.365 e. The first-order valence-corrected chi connectivity index (χ1v) is 10.5. The summed E-state index contributed by atoms with van der Waals surface area (Å²) in [7, 11) is 0. The smallest absolute Gasteiger partial charge is 0.269 e. The fourth-order valence-corrected chi connectivity index (χ4v) is 4.00. The zero-order valence-corrected chi connectivity index (χ0v) is 18.3. The molecule has 2 heterocycles. The van der Waals surface area contributed by atoms with E-state index in [1.54, 1.807) is 0 Å². The summed E-state index contributed by atoms with van der Waals surface area (Å²) in [4.78, 5) is 24.3. The lowest BCUT2D eigenvalue weighted by Crippen LogP contribution is -2.49. The van der Waals surface area contributed by atoms with Crippen molar-refractivity contribution in [2.45, 2.75) is 38.3 Å². The van der Waals surface area contributed by atoms with Crippen molar-refractivity contribution in [2.75, 3.05) is 0 Å². The van der Waals surface area contributed by atoms with Gasteiger partial charge in [-0.25, -0.2) is 4.98 Å². The molecule has 0 aliphatic carbocycles. The van der Waals surface area contributed by atoms with E-state index in [4.69, 9.17) is 28.2 Å². The van der Waals surface area contributed by atoms with E-state index in [1.165, 1.54) is 6.20 Å². The largest absolute Gasteiger partial charge is 0.365 e. The molecule has 5 nitrogen and oxygen atoms in total. The number of rotatable bonds is 4. The predicted octanol–water partition coefficient (Wildman–Crippen LogP) is 4.73. The van der Waals surface area contributed by atoms with Gasteiger partial charge in [0.15, 0.2) is 0 Å². The van der Waals surface area contributed by atoms with Crippen LogP contribution >= 0.6 is 23.2 Å². The topological polar surface area (TPSA) is 70.1 Å². The third kappa shape index (κ3) is 4.58. The van der Waals surface area contributed by atoms with E-state index in [1.807, 2.05) is 48.5 Å². The molecule has 154 valence electrons. The van der Waals surface area contributed by atoms with Gasteiger partial charge in [0.1, 0.15) is 22.7 Å². The van der Waals surface area contributed by atoms with Gasteiger partial charge in [0.05, 0.1) is 6.20 Å². The van der Waals surface area contributed by atoms with Gasteiger partial charge in [-0.1, -0.05) is 53.5 Å². The molecule has 1 aliphatic rings. The van der Waals surface area contributed by atoms with Gasteiger partial charge in [-0.05, 0) is 49.6 Å². The van der Waals surface area contributed by atoms with Crippen LogP contribution in [0.25, 0.3) is 0 Å². The number of hydrogen-bond acceptors (Lipinski definition) is 3. The standard InChI is InChI=1S/C23H22Cl2N4O/c1-23(2)12-15-11-16(24)8-9-17(15)20(29-23)27-19(10-14-6-4-3-5-7-14)21-26-13-18(25)22(30)28-21/h3-9,11,13,19H,10,12H2,1-2H3,(H,27,29)(H,26,28,30)/t19-/m0/s1. The highest BCUT2D eigenvalue weighted by Gasteiger charge is 2.29. The average Bonchev–Trinajstić information content (AvgIpc) is 2.69. The molecule has 0 fully saturated rings. The Morgan fingerprint density at radius 1 is 1.17 bits per heavy atom. The van der Waals surface area contributed by atoms with Crippen LogP contribution in [0.4, 0.5) is 0 Å². The van der Waals surface area contributed by atoms with Crippen LogP contribution in [0.2, 0.25) is 10.0 Å². The van der Waals surface area contributed by atoms with Crippen LogP contribution in [0.3, 0.4) is 0 Å². The van der Waals surface area contributed by atoms with Crippen molar-refractivity contribution < 1.29 is 0 Å². The van der Waals surface area contributed by atoms with Gasteiger partial charge in [0.25, 0.3) is 5.56 Å². The SMILES string of the molecule is CC1(C)Cc2cc(Cl)ccc2C(=N[C@@H](Cc2ccccc2)c2ncc(Cl)c(=O)[nH]2)N1.